The number of ether oxygens (including phenoxy) is 2. The lowest BCUT2D eigenvalue weighted by atomic mass is 10.2. The van der Waals surface area contributed by atoms with E-state index in [9.17, 15) is 14.9 Å². The van der Waals surface area contributed by atoms with Crippen LogP contribution < -0.4 is 4.74 Å². The second kappa shape index (κ2) is 4.70. The maximum absolute atomic E-state index is 10.9. The van der Waals surface area contributed by atoms with Crippen LogP contribution in [0.25, 0.3) is 11.0 Å². The van der Waals surface area contributed by atoms with Gasteiger partial charge in [0.05, 0.1) is 17.4 Å². The average Bonchev–Trinajstić information content (AvgIpc) is 2.78. The topological polar surface area (TPSA) is 105 Å². The molecule has 2 aromatic rings. The van der Waals surface area contributed by atoms with Crippen LogP contribution in [0, 0.1) is 10.1 Å². The van der Waals surface area contributed by atoms with Gasteiger partial charge in [0.1, 0.15) is 0 Å². The predicted molar refractivity (Wildman–Crippen MR) is 58.2 cm³/mol. The van der Waals surface area contributed by atoms with Crippen molar-refractivity contribution < 1.29 is 23.7 Å². The first-order valence-electron chi connectivity index (χ1n) is 4.85. The number of non-ortho nitro benzene ring substituents is 1. The molecule has 0 aliphatic rings. The van der Waals surface area contributed by atoms with E-state index in [1.54, 1.807) is 0 Å². The molecule has 0 unspecified atom stereocenters. The number of hydrogen-bond donors (Lipinski definition) is 0. The van der Waals surface area contributed by atoms with E-state index in [0.29, 0.717) is 11.0 Å². The normalized spacial score (nSPS) is 10.3. The van der Waals surface area contributed by atoms with Gasteiger partial charge < -0.3 is 14.0 Å². The summed E-state index contributed by atoms with van der Waals surface area (Å²) in [6, 6.07) is 3.96. The maximum atomic E-state index is 10.9. The Labute approximate surface area is 100 Å². The van der Waals surface area contributed by atoms with Crippen molar-refractivity contribution in [2.75, 3.05) is 13.7 Å². The fraction of sp³-hybridized carbons (Fsp3) is 0.200. The van der Waals surface area contributed by atoms with Gasteiger partial charge in [0, 0.05) is 12.1 Å². The number of methoxy groups -OCH3 is 1. The zero-order valence-corrected chi connectivity index (χ0v) is 9.28. The molecule has 2 rings (SSSR count). The van der Waals surface area contributed by atoms with E-state index in [-0.39, 0.29) is 18.2 Å². The number of nitrogens with zero attached hydrogens (tertiary/aromatic N) is 2. The summed E-state index contributed by atoms with van der Waals surface area (Å²) in [6.45, 7) is -0.346. The van der Waals surface area contributed by atoms with Gasteiger partial charge in [0.15, 0.2) is 12.2 Å². The molecular weight excluding hydrogens is 244 g/mol. The maximum Gasteiger partial charge on any atom is 0.343 e. The van der Waals surface area contributed by atoms with Gasteiger partial charge in [-0.15, -0.1) is 0 Å². The molecule has 1 heterocycles. The van der Waals surface area contributed by atoms with Crippen molar-refractivity contribution in [2.24, 2.45) is 0 Å². The van der Waals surface area contributed by atoms with Crippen LogP contribution in [-0.4, -0.2) is 29.8 Å². The zero-order chi connectivity index (χ0) is 13.1. The molecule has 94 valence electrons. The minimum absolute atomic E-state index is 0.0131. The van der Waals surface area contributed by atoms with Crippen LogP contribution in [0.4, 0.5) is 5.69 Å². The molecule has 0 aliphatic heterocycles. The Kier molecular flexibility index (Phi) is 3.09. The lowest BCUT2D eigenvalue weighted by molar-refractivity contribution is -0.384. The van der Waals surface area contributed by atoms with Gasteiger partial charge in [-0.1, -0.05) is 0 Å². The van der Waals surface area contributed by atoms with Crippen LogP contribution in [0.1, 0.15) is 0 Å². The highest BCUT2D eigenvalue weighted by Crippen LogP contribution is 2.28. The summed E-state index contributed by atoms with van der Waals surface area (Å²) in [6.07, 6.45) is 0. The van der Waals surface area contributed by atoms with Gasteiger partial charge in [-0.3, -0.25) is 10.1 Å². The van der Waals surface area contributed by atoms with Crippen LogP contribution in [0.3, 0.4) is 0 Å². The number of esters is 1. The SMILES string of the molecule is COC(=O)COc1noc2ccc([N+](=O)[O-])cc12. The van der Waals surface area contributed by atoms with Crippen LogP contribution in [-0.2, 0) is 9.53 Å². The summed E-state index contributed by atoms with van der Waals surface area (Å²) in [5.74, 6) is -0.573. The van der Waals surface area contributed by atoms with Crippen LogP contribution in [0.15, 0.2) is 22.7 Å². The van der Waals surface area contributed by atoms with Gasteiger partial charge in [-0.05, 0) is 11.2 Å². The highest BCUT2D eigenvalue weighted by Gasteiger charge is 2.15. The quantitative estimate of drug-likeness (QED) is 0.458. The summed E-state index contributed by atoms with van der Waals surface area (Å²) in [5.41, 5.74) is 0.217. The molecule has 0 N–H and O–H groups in total. The third-order valence-electron chi connectivity index (χ3n) is 2.19. The van der Waals surface area contributed by atoms with Gasteiger partial charge in [0.2, 0.25) is 0 Å². The van der Waals surface area contributed by atoms with Crippen molar-refractivity contribution in [3.8, 4) is 5.88 Å². The van der Waals surface area contributed by atoms with Crippen molar-refractivity contribution >= 4 is 22.6 Å². The molecule has 0 radical (unpaired) electrons. The fourth-order valence-corrected chi connectivity index (χ4v) is 1.31. The Balaban J connectivity index is 2.30. The third kappa shape index (κ3) is 2.21. The molecule has 18 heavy (non-hydrogen) atoms. The number of rotatable bonds is 4. The molecule has 0 saturated heterocycles. The average molecular weight is 252 g/mol. The van der Waals surface area contributed by atoms with E-state index in [2.05, 4.69) is 9.89 Å². The highest BCUT2D eigenvalue weighted by molar-refractivity contribution is 5.84. The summed E-state index contributed by atoms with van der Waals surface area (Å²) in [5, 5.41) is 14.5. The zero-order valence-electron chi connectivity index (χ0n) is 9.28. The largest absolute Gasteiger partial charge is 0.466 e. The van der Waals surface area contributed by atoms with Crippen molar-refractivity contribution in [1.29, 1.82) is 0 Å². The Hall–Kier alpha value is -2.64. The fourth-order valence-electron chi connectivity index (χ4n) is 1.31. The lowest BCUT2D eigenvalue weighted by Crippen LogP contribution is -2.12. The Morgan fingerprint density at radius 3 is 3.00 bits per heavy atom. The van der Waals surface area contributed by atoms with E-state index < -0.39 is 10.9 Å². The molecule has 8 heteroatoms. The van der Waals surface area contributed by atoms with Gasteiger partial charge in [0.25, 0.3) is 11.6 Å². The van der Waals surface area contributed by atoms with Crippen LogP contribution in [0.2, 0.25) is 0 Å². The number of carbonyl (C=O) groups is 1. The molecule has 0 aliphatic carbocycles. The first-order valence-corrected chi connectivity index (χ1v) is 4.85. The number of nitro groups is 1. The number of carbonyl (C=O) groups excluding carboxylic acids is 1. The van der Waals surface area contributed by atoms with E-state index in [1.165, 1.54) is 25.3 Å². The molecule has 1 aromatic carbocycles. The van der Waals surface area contributed by atoms with Gasteiger partial charge in [-0.25, -0.2) is 4.79 Å². The molecule has 0 atom stereocenters. The third-order valence-corrected chi connectivity index (χ3v) is 2.19. The van der Waals surface area contributed by atoms with Gasteiger partial charge >= 0.3 is 5.97 Å². The first-order chi connectivity index (χ1) is 8.61. The van der Waals surface area contributed by atoms with Crippen molar-refractivity contribution in [3.05, 3.63) is 28.3 Å². The Morgan fingerprint density at radius 2 is 2.33 bits per heavy atom. The van der Waals surface area contributed by atoms with E-state index in [0.717, 1.165) is 0 Å². The molecule has 1 aromatic heterocycles. The number of aromatic nitrogens is 1. The summed E-state index contributed by atoms with van der Waals surface area (Å²) in [4.78, 5) is 21.0. The summed E-state index contributed by atoms with van der Waals surface area (Å²) >= 11 is 0. The molecule has 0 fully saturated rings. The Bertz CT molecular complexity index is 605. The summed E-state index contributed by atoms with van der Waals surface area (Å²) in [7, 11) is 1.22. The molecule has 8 nitrogen and oxygen atoms in total. The van der Waals surface area contributed by atoms with E-state index >= 15 is 0 Å². The lowest BCUT2D eigenvalue weighted by Gasteiger charge is -2.00. The van der Waals surface area contributed by atoms with Crippen LogP contribution in [0.5, 0.6) is 5.88 Å². The minimum Gasteiger partial charge on any atom is -0.466 e. The van der Waals surface area contributed by atoms with E-state index in [4.69, 9.17) is 9.26 Å². The van der Waals surface area contributed by atoms with E-state index in [1.807, 2.05) is 0 Å². The monoisotopic (exact) mass is 252 g/mol. The summed E-state index contributed by atoms with van der Waals surface area (Å²) < 4.78 is 14.3. The van der Waals surface area contributed by atoms with Gasteiger partial charge in [-0.2, -0.15) is 0 Å². The van der Waals surface area contributed by atoms with Crippen molar-refractivity contribution in [1.82, 2.24) is 5.16 Å². The smallest absolute Gasteiger partial charge is 0.343 e. The molecule has 0 spiro atoms. The number of hydrogen-bond acceptors (Lipinski definition) is 7. The van der Waals surface area contributed by atoms with Crippen molar-refractivity contribution in [3.63, 3.8) is 0 Å². The first kappa shape index (κ1) is 11.8. The highest BCUT2D eigenvalue weighted by atomic mass is 16.6. The number of nitro benzene ring substituents is 1. The standard InChI is InChI=1S/C10H8N2O6/c1-16-9(13)5-17-10-7-4-6(12(14)15)2-3-8(7)18-11-10/h2-4H,5H2,1H3. The molecule has 0 amide bonds. The minimum atomic E-state index is -0.586. The molecule has 0 saturated carbocycles. The molecular formula is C10H8N2O6. The second-order valence-electron chi connectivity index (χ2n) is 3.29. The number of fused-ring (bicyclic) bond motifs is 1. The predicted octanol–water partition coefficient (Wildman–Crippen LogP) is 1.29. The van der Waals surface area contributed by atoms with Crippen molar-refractivity contribution in [2.45, 2.75) is 0 Å². The number of benzene rings is 1. The molecule has 0 bridgehead atoms. The Morgan fingerprint density at radius 1 is 1.56 bits per heavy atom. The van der Waals surface area contributed by atoms with Crippen LogP contribution >= 0.6 is 0 Å². The second-order valence-corrected chi connectivity index (χ2v) is 3.29.